The van der Waals surface area contributed by atoms with Crippen LogP contribution in [0.25, 0.3) is 0 Å². The van der Waals surface area contributed by atoms with Crippen LogP contribution in [0.3, 0.4) is 0 Å². The van der Waals surface area contributed by atoms with Crippen LogP contribution >= 0.6 is 0 Å². The quantitative estimate of drug-likeness (QED) is 0.221. The minimum Gasteiger partial charge on any atom is -0.320 e. The standard InChI is InChI=1S/C33H60N3/c1-4-7-16-34(19-10-11-20-34)28-31-25-32(29-35(17-8-5-2)21-12-13-22-35)27-33(26-31)30-36(18-9-6-3)23-14-15-24-36/h25-27H,4-24,28-30H2,1-3H3/q+3. The summed E-state index contributed by atoms with van der Waals surface area (Å²) in [5.41, 5.74) is 5.00. The summed E-state index contributed by atoms with van der Waals surface area (Å²) in [7, 11) is 0. The van der Waals surface area contributed by atoms with Gasteiger partial charge in [0.1, 0.15) is 19.6 Å². The van der Waals surface area contributed by atoms with Gasteiger partial charge in [0.15, 0.2) is 0 Å². The zero-order valence-corrected chi connectivity index (χ0v) is 24.5. The molecule has 0 aromatic heterocycles. The first-order valence-corrected chi connectivity index (χ1v) is 16.2. The van der Waals surface area contributed by atoms with Crippen molar-refractivity contribution in [3.05, 3.63) is 34.9 Å². The van der Waals surface area contributed by atoms with Gasteiger partial charge in [-0.3, -0.25) is 0 Å². The summed E-state index contributed by atoms with van der Waals surface area (Å²) >= 11 is 0. The molecule has 3 fully saturated rings. The molecule has 1 aromatic carbocycles. The molecule has 0 spiro atoms. The van der Waals surface area contributed by atoms with Crippen LogP contribution in [-0.4, -0.2) is 72.4 Å². The fourth-order valence-corrected chi connectivity index (χ4v) is 8.16. The van der Waals surface area contributed by atoms with E-state index < -0.39 is 0 Å². The average molecular weight is 499 g/mol. The minimum atomic E-state index is 1.28. The predicted molar refractivity (Wildman–Crippen MR) is 155 cm³/mol. The molecule has 0 radical (unpaired) electrons. The number of nitrogens with zero attached hydrogens (tertiary/aromatic N) is 3. The Morgan fingerprint density at radius 2 is 0.694 bits per heavy atom. The molecule has 0 unspecified atom stereocenters. The summed E-state index contributed by atoms with van der Waals surface area (Å²) in [6, 6.07) is 8.04. The number of benzene rings is 1. The van der Waals surface area contributed by atoms with E-state index in [1.807, 2.05) is 0 Å². The Bertz CT molecular complexity index is 665. The molecule has 0 atom stereocenters. The Hall–Kier alpha value is -0.900. The van der Waals surface area contributed by atoms with Crippen molar-refractivity contribution in [1.82, 2.24) is 0 Å². The highest BCUT2D eigenvalue weighted by Crippen LogP contribution is 2.31. The maximum Gasteiger partial charge on any atom is 0.104 e. The number of hydrogen-bond donors (Lipinski definition) is 0. The predicted octanol–water partition coefficient (Wildman–Crippen LogP) is 7.42. The van der Waals surface area contributed by atoms with Crippen LogP contribution in [0.5, 0.6) is 0 Å². The first-order valence-electron chi connectivity index (χ1n) is 16.2. The van der Waals surface area contributed by atoms with E-state index in [1.165, 1.54) is 169 Å². The lowest BCUT2D eigenvalue weighted by atomic mass is 10.0. The van der Waals surface area contributed by atoms with Gasteiger partial charge in [-0.25, -0.2) is 0 Å². The molecule has 0 saturated carbocycles. The number of unbranched alkanes of at least 4 members (excludes halogenated alkanes) is 3. The van der Waals surface area contributed by atoms with E-state index in [1.54, 1.807) is 16.7 Å². The van der Waals surface area contributed by atoms with Crippen LogP contribution in [0.1, 0.15) is 115 Å². The van der Waals surface area contributed by atoms with Crippen molar-refractivity contribution in [1.29, 1.82) is 0 Å². The van der Waals surface area contributed by atoms with Gasteiger partial charge in [0.25, 0.3) is 0 Å². The van der Waals surface area contributed by atoms with E-state index in [0.717, 1.165) is 0 Å². The Labute approximate surface area is 224 Å². The lowest BCUT2D eigenvalue weighted by molar-refractivity contribution is -0.931. The summed E-state index contributed by atoms with van der Waals surface area (Å²) in [6.45, 7) is 23.6. The van der Waals surface area contributed by atoms with Crippen LogP contribution < -0.4 is 0 Å². The SMILES string of the molecule is CCCC[N+]1(Cc2cc(C[N+]3(CCCC)CCCC3)cc(C[N+]3(CCCC)CCCC3)c2)CCCC1. The van der Waals surface area contributed by atoms with Gasteiger partial charge in [0.2, 0.25) is 0 Å². The summed E-state index contributed by atoms with van der Waals surface area (Å²) < 4.78 is 4.09. The third-order valence-corrected chi connectivity index (χ3v) is 10.2. The molecular formula is C33H60N3+3. The molecule has 3 heterocycles. The number of rotatable bonds is 15. The first-order chi connectivity index (χ1) is 17.5. The van der Waals surface area contributed by atoms with Gasteiger partial charge in [0.05, 0.1) is 58.9 Å². The average Bonchev–Trinajstić information content (AvgIpc) is 3.63. The smallest absolute Gasteiger partial charge is 0.104 e. The maximum absolute atomic E-state index is 2.68. The summed E-state index contributed by atoms with van der Waals surface area (Å²) in [5, 5.41) is 0. The van der Waals surface area contributed by atoms with Gasteiger partial charge >= 0.3 is 0 Å². The molecule has 3 saturated heterocycles. The Morgan fingerprint density at radius 1 is 0.444 bits per heavy atom. The Morgan fingerprint density at radius 3 is 0.917 bits per heavy atom. The molecule has 0 amide bonds. The second-order valence-corrected chi connectivity index (χ2v) is 13.4. The fourth-order valence-electron chi connectivity index (χ4n) is 8.16. The van der Waals surface area contributed by atoms with Gasteiger partial charge < -0.3 is 13.4 Å². The molecule has 36 heavy (non-hydrogen) atoms. The van der Waals surface area contributed by atoms with Gasteiger partial charge in [-0.05, 0) is 37.5 Å². The van der Waals surface area contributed by atoms with E-state index in [0.29, 0.717) is 0 Å². The molecule has 4 rings (SSSR count). The van der Waals surface area contributed by atoms with Crippen molar-refractivity contribution in [2.75, 3.05) is 58.9 Å². The second kappa shape index (κ2) is 13.3. The monoisotopic (exact) mass is 498 g/mol. The molecule has 3 heteroatoms. The summed E-state index contributed by atoms with van der Waals surface area (Å²) in [4.78, 5) is 0. The van der Waals surface area contributed by atoms with Crippen LogP contribution in [0.15, 0.2) is 18.2 Å². The minimum absolute atomic E-state index is 1.28. The Balaban J connectivity index is 1.62. The summed E-state index contributed by atoms with van der Waals surface area (Å²) in [5.74, 6) is 0. The molecule has 0 N–H and O–H groups in total. The van der Waals surface area contributed by atoms with Crippen LogP contribution in [0.2, 0.25) is 0 Å². The largest absolute Gasteiger partial charge is 0.320 e. The van der Waals surface area contributed by atoms with Gasteiger partial charge in [-0.15, -0.1) is 0 Å². The van der Waals surface area contributed by atoms with Crippen molar-refractivity contribution in [3.63, 3.8) is 0 Å². The van der Waals surface area contributed by atoms with Gasteiger partial charge in [-0.1, -0.05) is 40.0 Å². The third-order valence-electron chi connectivity index (χ3n) is 10.2. The van der Waals surface area contributed by atoms with E-state index in [2.05, 4.69) is 39.0 Å². The highest BCUT2D eigenvalue weighted by atomic mass is 15.4. The normalized spacial score (nSPS) is 22.4. The summed E-state index contributed by atoms with van der Waals surface area (Å²) in [6.07, 6.45) is 16.8. The molecule has 204 valence electrons. The maximum atomic E-state index is 2.68. The Kier molecular flexibility index (Phi) is 10.3. The van der Waals surface area contributed by atoms with E-state index >= 15 is 0 Å². The molecular weight excluding hydrogens is 438 g/mol. The van der Waals surface area contributed by atoms with Gasteiger partial charge in [0, 0.05) is 55.2 Å². The van der Waals surface area contributed by atoms with Crippen molar-refractivity contribution >= 4 is 0 Å². The molecule has 0 aliphatic carbocycles. The zero-order valence-electron chi connectivity index (χ0n) is 24.5. The van der Waals surface area contributed by atoms with Crippen molar-refractivity contribution in [3.8, 4) is 0 Å². The van der Waals surface area contributed by atoms with Crippen molar-refractivity contribution in [2.24, 2.45) is 0 Å². The molecule has 1 aromatic rings. The van der Waals surface area contributed by atoms with E-state index in [9.17, 15) is 0 Å². The van der Waals surface area contributed by atoms with Gasteiger partial charge in [-0.2, -0.15) is 0 Å². The lowest BCUT2D eigenvalue weighted by Crippen LogP contribution is -2.46. The van der Waals surface area contributed by atoms with Crippen LogP contribution in [0.4, 0.5) is 0 Å². The number of hydrogen-bond acceptors (Lipinski definition) is 0. The first kappa shape index (κ1) is 28.1. The van der Waals surface area contributed by atoms with Crippen LogP contribution in [-0.2, 0) is 19.6 Å². The van der Waals surface area contributed by atoms with Crippen molar-refractivity contribution in [2.45, 2.75) is 117 Å². The highest BCUT2D eigenvalue weighted by Gasteiger charge is 2.35. The van der Waals surface area contributed by atoms with E-state index in [-0.39, 0.29) is 0 Å². The van der Waals surface area contributed by atoms with E-state index in [4.69, 9.17) is 0 Å². The molecule has 3 nitrogen and oxygen atoms in total. The molecule has 3 aliphatic rings. The topological polar surface area (TPSA) is 0 Å². The fraction of sp³-hybridized carbons (Fsp3) is 0.818. The second-order valence-electron chi connectivity index (χ2n) is 13.4. The van der Waals surface area contributed by atoms with Crippen LogP contribution in [0, 0.1) is 0 Å². The number of quaternary nitrogens is 3. The zero-order chi connectivity index (χ0) is 25.3. The third kappa shape index (κ3) is 7.35. The van der Waals surface area contributed by atoms with Crippen molar-refractivity contribution < 1.29 is 13.4 Å². The highest BCUT2D eigenvalue weighted by molar-refractivity contribution is 5.29. The lowest BCUT2D eigenvalue weighted by Gasteiger charge is -2.37. The molecule has 3 aliphatic heterocycles. The number of likely N-dealkylation sites (tertiary alicyclic amines) is 3. The molecule has 0 bridgehead atoms.